The van der Waals surface area contributed by atoms with E-state index in [1.54, 1.807) is 42.4 Å². The maximum absolute atomic E-state index is 13.0. The number of hydrogen-bond acceptors (Lipinski definition) is 4. The molecule has 1 aliphatic heterocycles. The number of carbonyl (C=O) groups excluding carboxylic acids is 2. The summed E-state index contributed by atoms with van der Waals surface area (Å²) >= 11 is 1.52. The Bertz CT molecular complexity index is 808. The number of ether oxygens (including phenoxy) is 1. The van der Waals surface area contributed by atoms with Crippen molar-refractivity contribution in [3.05, 3.63) is 57.9 Å². The lowest BCUT2D eigenvalue weighted by atomic mass is 10.2. The standard InChI is InChI=1S/C20H23N3O3S/c1-22-9-11-23(12-10-22)20(25)18(14-17-4-3-13-27-17)21-19(24)15-5-7-16(26-2)8-6-15/h3-8,13-14H,9-12H2,1-2H3,(H,21,24)/p+1. The van der Waals surface area contributed by atoms with Crippen molar-refractivity contribution in [1.29, 1.82) is 0 Å². The monoisotopic (exact) mass is 386 g/mol. The number of thiophene rings is 1. The molecule has 0 atom stereocenters. The molecule has 0 aliphatic carbocycles. The van der Waals surface area contributed by atoms with Crippen LogP contribution in [0.4, 0.5) is 0 Å². The second-order valence-corrected chi connectivity index (χ2v) is 7.48. The molecule has 0 saturated carbocycles. The van der Waals surface area contributed by atoms with Crippen molar-refractivity contribution in [3.8, 4) is 5.75 Å². The van der Waals surface area contributed by atoms with Crippen molar-refractivity contribution in [2.75, 3.05) is 40.3 Å². The van der Waals surface area contributed by atoms with Gasteiger partial charge in [0.25, 0.3) is 11.8 Å². The number of hydrogen-bond donors (Lipinski definition) is 2. The van der Waals surface area contributed by atoms with E-state index < -0.39 is 0 Å². The Balaban J connectivity index is 1.79. The van der Waals surface area contributed by atoms with E-state index >= 15 is 0 Å². The number of nitrogens with one attached hydrogen (secondary N) is 2. The van der Waals surface area contributed by atoms with Crippen molar-refractivity contribution >= 4 is 29.2 Å². The van der Waals surface area contributed by atoms with Crippen LogP contribution in [0.25, 0.3) is 6.08 Å². The zero-order valence-corrected chi connectivity index (χ0v) is 16.3. The topological polar surface area (TPSA) is 63.1 Å². The van der Waals surface area contributed by atoms with Crippen molar-refractivity contribution < 1.29 is 19.2 Å². The van der Waals surface area contributed by atoms with Crippen molar-refractivity contribution in [3.63, 3.8) is 0 Å². The third-order valence-electron chi connectivity index (χ3n) is 4.56. The van der Waals surface area contributed by atoms with Crippen LogP contribution < -0.4 is 15.0 Å². The molecule has 1 aromatic heterocycles. The number of quaternary nitrogens is 1. The van der Waals surface area contributed by atoms with Crippen LogP contribution in [0.1, 0.15) is 15.2 Å². The third-order valence-corrected chi connectivity index (χ3v) is 5.38. The van der Waals surface area contributed by atoms with Gasteiger partial charge in [-0.2, -0.15) is 0 Å². The van der Waals surface area contributed by atoms with Crippen LogP contribution in [0.3, 0.4) is 0 Å². The minimum atomic E-state index is -0.312. The molecule has 0 spiro atoms. The van der Waals surface area contributed by atoms with E-state index in [1.165, 1.54) is 16.2 Å². The lowest BCUT2D eigenvalue weighted by Crippen LogP contribution is -3.12. The average molecular weight is 386 g/mol. The number of nitrogens with zero attached hydrogens (tertiary/aromatic N) is 1. The summed E-state index contributed by atoms with van der Waals surface area (Å²) in [5.74, 6) is 0.225. The second-order valence-electron chi connectivity index (χ2n) is 6.51. The summed E-state index contributed by atoms with van der Waals surface area (Å²) in [6.07, 6.45) is 1.75. The van der Waals surface area contributed by atoms with Crippen molar-refractivity contribution in [2.24, 2.45) is 0 Å². The van der Waals surface area contributed by atoms with Crippen LogP contribution in [0.15, 0.2) is 47.5 Å². The summed E-state index contributed by atoms with van der Waals surface area (Å²) in [7, 11) is 3.70. The Hall–Kier alpha value is -2.64. The maximum atomic E-state index is 13.0. The fourth-order valence-corrected chi connectivity index (χ4v) is 3.52. The number of carbonyl (C=O) groups is 2. The molecule has 0 bridgehead atoms. The Morgan fingerprint density at radius 1 is 1.19 bits per heavy atom. The highest BCUT2D eigenvalue weighted by Crippen LogP contribution is 2.16. The van der Waals surface area contributed by atoms with Gasteiger partial charge in [-0.25, -0.2) is 0 Å². The first kappa shape index (κ1) is 19.1. The summed E-state index contributed by atoms with van der Waals surface area (Å²) in [6.45, 7) is 3.19. The lowest BCUT2D eigenvalue weighted by Gasteiger charge is -2.30. The Morgan fingerprint density at radius 3 is 2.48 bits per heavy atom. The first-order chi connectivity index (χ1) is 13.1. The molecule has 1 saturated heterocycles. The molecule has 27 heavy (non-hydrogen) atoms. The number of methoxy groups -OCH3 is 1. The van der Waals surface area contributed by atoms with Crippen molar-refractivity contribution in [1.82, 2.24) is 10.2 Å². The molecule has 1 aliphatic rings. The van der Waals surface area contributed by atoms with E-state index in [4.69, 9.17) is 4.74 Å². The summed E-state index contributed by atoms with van der Waals surface area (Å²) in [5, 5.41) is 4.75. The van der Waals surface area contributed by atoms with E-state index in [1.807, 2.05) is 17.5 Å². The van der Waals surface area contributed by atoms with Crippen LogP contribution in [0.2, 0.25) is 0 Å². The molecule has 3 rings (SSSR count). The molecule has 2 amide bonds. The first-order valence-electron chi connectivity index (χ1n) is 8.88. The summed E-state index contributed by atoms with van der Waals surface area (Å²) < 4.78 is 5.12. The minimum Gasteiger partial charge on any atom is -0.497 e. The molecule has 1 fully saturated rings. The molecule has 7 heteroatoms. The number of likely N-dealkylation sites (N-methyl/N-ethyl adjacent to an activating group) is 1. The van der Waals surface area contributed by atoms with Gasteiger partial charge in [-0.05, 0) is 41.8 Å². The van der Waals surface area contributed by atoms with Gasteiger partial charge >= 0.3 is 0 Å². The number of rotatable bonds is 5. The van der Waals surface area contributed by atoms with Gasteiger partial charge in [0.2, 0.25) is 0 Å². The predicted octanol–water partition coefficient (Wildman–Crippen LogP) is 0.885. The first-order valence-corrected chi connectivity index (χ1v) is 9.76. The number of amides is 2. The molecule has 1 aromatic carbocycles. The van der Waals surface area contributed by atoms with E-state index in [-0.39, 0.29) is 11.8 Å². The third kappa shape index (κ3) is 4.96. The highest BCUT2D eigenvalue weighted by Gasteiger charge is 2.25. The van der Waals surface area contributed by atoms with Gasteiger partial charge < -0.3 is 19.9 Å². The predicted molar refractivity (Wildman–Crippen MR) is 106 cm³/mol. The molecule has 2 N–H and O–H groups in total. The van der Waals surface area contributed by atoms with Gasteiger partial charge in [-0.3, -0.25) is 9.59 Å². The molecule has 2 heterocycles. The van der Waals surface area contributed by atoms with Crippen molar-refractivity contribution in [2.45, 2.75) is 0 Å². The highest BCUT2D eigenvalue weighted by molar-refractivity contribution is 7.10. The normalized spacial score (nSPS) is 15.5. The highest BCUT2D eigenvalue weighted by atomic mass is 32.1. The molecule has 6 nitrogen and oxygen atoms in total. The summed E-state index contributed by atoms with van der Waals surface area (Å²) in [5.41, 5.74) is 0.779. The number of piperazine rings is 1. The van der Waals surface area contributed by atoms with Crippen LogP contribution in [0, 0.1) is 0 Å². The Labute approximate surface area is 163 Å². The second kappa shape index (κ2) is 8.83. The maximum Gasteiger partial charge on any atom is 0.270 e. The van der Waals surface area contributed by atoms with Crippen LogP contribution in [-0.2, 0) is 4.79 Å². The van der Waals surface area contributed by atoms with E-state index in [9.17, 15) is 9.59 Å². The van der Waals surface area contributed by atoms with E-state index in [0.29, 0.717) is 30.1 Å². The fourth-order valence-electron chi connectivity index (χ4n) is 2.87. The van der Waals surface area contributed by atoms with Crippen LogP contribution in [-0.4, -0.2) is 57.1 Å². The van der Waals surface area contributed by atoms with Gasteiger partial charge in [0, 0.05) is 10.4 Å². The molecule has 2 aromatic rings. The fraction of sp³-hybridized carbons (Fsp3) is 0.300. The minimum absolute atomic E-state index is 0.141. The average Bonchev–Trinajstić information content (AvgIpc) is 3.20. The van der Waals surface area contributed by atoms with E-state index in [2.05, 4.69) is 12.4 Å². The molecular weight excluding hydrogens is 362 g/mol. The molecule has 0 unspecified atom stereocenters. The zero-order valence-electron chi connectivity index (χ0n) is 15.5. The summed E-state index contributed by atoms with van der Waals surface area (Å²) in [4.78, 5) is 29.8. The van der Waals surface area contributed by atoms with Crippen LogP contribution >= 0.6 is 11.3 Å². The molecular formula is C20H24N3O3S+. The van der Waals surface area contributed by atoms with Gasteiger partial charge in [-0.1, -0.05) is 6.07 Å². The Kier molecular flexibility index (Phi) is 6.26. The largest absolute Gasteiger partial charge is 0.497 e. The molecule has 142 valence electrons. The SMILES string of the molecule is COc1ccc(C(=O)NC(=Cc2cccs2)C(=O)N2CC[NH+](C)CC2)cc1. The number of benzene rings is 1. The lowest BCUT2D eigenvalue weighted by molar-refractivity contribution is -0.883. The Morgan fingerprint density at radius 2 is 1.89 bits per heavy atom. The smallest absolute Gasteiger partial charge is 0.270 e. The quantitative estimate of drug-likeness (QED) is 0.750. The van der Waals surface area contributed by atoms with E-state index in [0.717, 1.165) is 18.0 Å². The molecule has 0 radical (unpaired) electrons. The van der Waals surface area contributed by atoms with Gasteiger partial charge in [0.05, 0.1) is 40.3 Å². The van der Waals surface area contributed by atoms with Crippen LogP contribution in [0.5, 0.6) is 5.75 Å². The zero-order chi connectivity index (χ0) is 19.2. The van der Waals surface area contributed by atoms with Gasteiger partial charge in [-0.15, -0.1) is 11.3 Å². The van der Waals surface area contributed by atoms with Gasteiger partial charge in [0.15, 0.2) is 0 Å². The summed E-state index contributed by atoms with van der Waals surface area (Å²) in [6, 6.07) is 10.7. The van der Waals surface area contributed by atoms with Gasteiger partial charge in [0.1, 0.15) is 11.4 Å².